The molecule has 3 rings (SSSR count). The Morgan fingerprint density at radius 2 is 1.81 bits per heavy atom. The Labute approximate surface area is 156 Å². The second kappa shape index (κ2) is 7.54. The third kappa shape index (κ3) is 4.00. The molecule has 0 saturated carbocycles. The standard InChI is InChI=1S/C20H18ClN3O2/c1-13-6-8-15(9-7-13)18-10-11-20(26)24(23-18)12-19(25)22-17-5-3-4-16(21)14(17)2/h3-11H,12H2,1-2H3,(H,22,25). The molecule has 0 fully saturated rings. The molecule has 1 aromatic heterocycles. The summed E-state index contributed by atoms with van der Waals surface area (Å²) in [5.74, 6) is -0.342. The number of hydrogen-bond acceptors (Lipinski definition) is 3. The maximum absolute atomic E-state index is 12.3. The van der Waals surface area contributed by atoms with Gasteiger partial charge in [0.2, 0.25) is 5.91 Å². The highest BCUT2D eigenvalue weighted by Gasteiger charge is 2.10. The minimum Gasteiger partial charge on any atom is -0.324 e. The first-order valence-electron chi connectivity index (χ1n) is 8.14. The van der Waals surface area contributed by atoms with E-state index in [1.807, 2.05) is 38.1 Å². The molecule has 0 atom stereocenters. The van der Waals surface area contributed by atoms with E-state index < -0.39 is 0 Å². The number of halogens is 1. The third-order valence-corrected chi connectivity index (χ3v) is 4.46. The molecule has 0 saturated heterocycles. The molecule has 1 heterocycles. The fourth-order valence-electron chi connectivity index (χ4n) is 2.51. The first kappa shape index (κ1) is 17.9. The lowest BCUT2D eigenvalue weighted by Crippen LogP contribution is -2.29. The van der Waals surface area contributed by atoms with Crippen molar-refractivity contribution in [3.05, 3.63) is 81.1 Å². The van der Waals surface area contributed by atoms with Gasteiger partial charge in [-0.15, -0.1) is 0 Å². The fraction of sp³-hybridized carbons (Fsp3) is 0.150. The molecule has 5 nitrogen and oxygen atoms in total. The van der Waals surface area contributed by atoms with Gasteiger partial charge in [0.05, 0.1) is 5.69 Å². The van der Waals surface area contributed by atoms with E-state index in [9.17, 15) is 9.59 Å². The van der Waals surface area contributed by atoms with E-state index in [-0.39, 0.29) is 18.0 Å². The number of aromatic nitrogens is 2. The Morgan fingerprint density at radius 3 is 2.54 bits per heavy atom. The summed E-state index contributed by atoms with van der Waals surface area (Å²) >= 11 is 6.06. The average Bonchev–Trinajstić information content (AvgIpc) is 2.62. The summed E-state index contributed by atoms with van der Waals surface area (Å²) in [5.41, 5.74) is 3.71. The third-order valence-electron chi connectivity index (χ3n) is 4.05. The van der Waals surface area contributed by atoms with Crippen LogP contribution in [-0.4, -0.2) is 15.7 Å². The van der Waals surface area contributed by atoms with Gasteiger partial charge < -0.3 is 5.32 Å². The lowest BCUT2D eigenvalue weighted by atomic mass is 10.1. The van der Waals surface area contributed by atoms with E-state index in [1.165, 1.54) is 6.07 Å². The van der Waals surface area contributed by atoms with E-state index in [2.05, 4.69) is 10.4 Å². The van der Waals surface area contributed by atoms with Crippen LogP contribution in [-0.2, 0) is 11.3 Å². The van der Waals surface area contributed by atoms with Crippen molar-refractivity contribution in [3.8, 4) is 11.3 Å². The Hall–Kier alpha value is -2.92. The number of rotatable bonds is 4. The summed E-state index contributed by atoms with van der Waals surface area (Å²) < 4.78 is 1.16. The number of aryl methyl sites for hydroxylation is 1. The molecule has 0 unspecified atom stereocenters. The van der Waals surface area contributed by atoms with Gasteiger partial charge in [-0.2, -0.15) is 5.10 Å². The van der Waals surface area contributed by atoms with E-state index in [0.29, 0.717) is 16.4 Å². The summed E-state index contributed by atoms with van der Waals surface area (Å²) in [6.07, 6.45) is 0. The van der Waals surface area contributed by atoms with Crippen molar-refractivity contribution in [3.63, 3.8) is 0 Å². The van der Waals surface area contributed by atoms with Crippen molar-refractivity contribution < 1.29 is 4.79 Å². The molecule has 3 aromatic rings. The molecule has 0 aliphatic carbocycles. The zero-order valence-electron chi connectivity index (χ0n) is 14.5. The van der Waals surface area contributed by atoms with Gasteiger partial charge in [0.1, 0.15) is 6.54 Å². The molecular weight excluding hydrogens is 350 g/mol. The van der Waals surface area contributed by atoms with Gasteiger partial charge in [-0.05, 0) is 37.6 Å². The molecule has 6 heteroatoms. The van der Waals surface area contributed by atoms with Gasteiger partial charge in [-0.25, -0.2) is 4.68 Å². The Morgan fingerprint density at radius 1 is 1.08 bits per heavy atom. The summed E-state index contributed by atoms with van der Waals surface area (Å²) in [7, 11) is 0. The van der Waals surface area contributed by atoms with Gasteiger partial charge in [-0.1, -0.05) is 47.5 Å². The summed E-state index contributed by atoms with van der Waals surface area (Å²) in [6, 6.07) is 16.2. The Kier molecular flexibility index (Phi) is 5.19. The average molecular weight is 368 g/mol. The summed E-state index contributed by atoms with van der Waals surface area (Å²) in [4.78, 5) is 24.4. The number of nitrogens with one attached hydrogen (secondary N) is 1. The molecule has 1 N–H and O–H groups in total. The number of benzene rings is 2. The van der Waals surface area contributed by atoms with Gasteiger partial charge in [0.15, 0.2) is 0 Å². The number of carbonyl (C=O) groups is 1. The van der Waals surface area contributed by atoms with Crippen molar-refractivity contribution in [1.29, 1.82) is 0 Å². The van der Waals surface area contributed by atoms with Crippen LogP contribution in [0.15, 0.2) is 59.4 Å². The molecule has 0 spiro atoms. The quantitative estimate of drug-likeness (QED) is 0.762. The number of carbonyl (C=O) groups excluding carboxylic acids is 1. The van der Waals surface area contributed by atoms with Crippen molar-refractivity contribution in [1.82, 2.24) is 9.78 Å². The van der Waals surface area contributed by atoms with Crippen LogP contribution in [0, 0.1) is 13.8 Å². The zero-order chi connectivity index (χ0) is 18.7. The topological polar surface area (TPSA) is 64.0 Å². The van der Waals surface area contributed by atoms with E-state index in [1.54, 1.807) is 24.3 Å². The molecule has 26 heavy (non-hydrogen) atoms. The normalized spacial score (nSPS) is 10.6. The molecular formula is C20H18ClN3O2. The molecule has 0 radical (unpaired) electrons. The van der Waals surface area contributed by atoms with E-state index in [4.69, 9.17) is 11.6 Å². The fourth-order valence-corrected chi connectivity index (χ4v) is 2.68. The molecule has 0 bridgehead atoms. The zero-order valence-corrected chi connectivity index (χ0v) is 15.2. The first-order chi connectivity index (χ1) is 12.4. The van der Waals surface area contributed by atoms with Crippen LogP contribution >= 0.6 is 11.6 Å². The highest BCUT2D eigenvalue weighted by atomic mass is 35.5. The van der Waals surface area contributed by atoms with E-state index in [0.717, 1.165) is 21.4 Å². The van der Waals surface area contributed by atoms with Gasteiger partial charge in [-0.3, -0.25) is 9.59 Å². The Bertz CT molecular complexity index is 1010. The smallest absolute Gasteiger partial charge is 0.267 e. The van der Waals surface area contributed by atoms with E-state index >= 15 is 0 Å². The molecule has 1 amide bonds. The van der Waals surface area contributed by atoms with Crippen LogP contribution in [0.25, 0.3) is 11.3 Å². The molecule has 0 aliphatic rings. The van der Waals surface area contributed by atoms with Gasteiger partial charge in [0, 0.05) is 22.3 Å². The second-order valence-electron chi connectivity index (χ2n) is 6.04. The van der Waals surface area contributed by atoms with Crippen LogP contribution in [0.2, 0.25) is 5.02 Å². The van der Waals surface area contributed by atoms with Crippen molar-refractivity contribution in [2.75, 3.05) is 5.32 Å². The Balaban J connectivity index is 1.82. The highest BCUT2D eigenvalue weighted by Crippen LogP contribution is 2.22. The summed E-state index contributed by atoms with van der Waals surface area (Å²) in [6.45, 7) is 3.64. The van der Waals surface area contributed by atoms with Crippen LogP contribution in [0.3, 0.4) is 0 Å². The largest absolute Gasteiger partial charge is 0.324 e. The number of amides is 1. The maximum atomic E-state index is 12.3. The number of anilines is 1. The van der Waals surface area contributed by atoms with Crippen LogP contribution in [0.5, 0.6) is 0 Å². The van der Waals surface area contributed by atoms with Crippen molar-refractivity contribution in [2.24, 2.45) is 0 Å². The molecule has 2 aromatic carbocycles. The lowest BCUT2D eigenvalue weighted by molar-refractivity contribution is -0.117. The second-order valence-corrected chi connectivity index (χ2v) is 6.45. The van der Waals surface area contributed by atoms with Gasteiger partial charge >= 0.3 is 0 Å². The predicted molar refractivity (Wildman–Crippen MR) is 103 cm³/mol. The lowest BCUT2D eigenvalue weighted by Gasteiger charge is -2.11. The summed E-state index contributed by atoms with van der Waals surface area (Å²) in [5, 5.41) is 7.65. The van der Waals surface area contributed by atoms with Gasteiger partial charge in [0.25, 0.3) is 5.56 Å². The SMILES string of the molecule is Cc1ccc(-c2ccc(=O)n(CC(=O)Nc3cccc(Cl)c3C)n2)cc1. The number of nitrogens with zero attached hydrogens (tertiary/aromatic N) is 2. The molecule has 132 valence electrons. The van der Waals surface area contributed by atoms with Crippen molar-refractivity contribution >= 4 is 23.2 Å². The highest BCUT2D eigenvalue weighted by molar-refractivity contribution is 6.31. The van der Waals surface area contributed by atoms with Crippen molar-refractivity contribution in [2.45, 2.75) is 20.4 Å². The van der Waals surface area contributed by atoms with Crippen LogP contribution in [0.1, 0.15) is 11.1 Å². The first-order valence-corrected chi connectivity index (χ1v) is 8.52. The minimum atomic E-state index is -0.342. The minimum absolute atomic E-state index is 0.176. The molecule has 0 aliphatic heterocycles. The predicted octanol–water partition coefficient (Wildman–Crippen LogP) is 3.82. The monoisotopic (exact) mass is 367 g/mol. The maximum Gasteiger partial charge on any atom is 0.267 e. The van der Waals surface area contributed by atoms with Crippen LogP contribution < -0.4 is 10.9 Å². The number of hydrogen-bond donors (Lipinski definition) is 1. The van der Waals surface area contributed by atoms with Crippen LogP contribution in [0.4, 0.5) is 5.69 Å².